The Balaban J connectivity index is 1.68. The van der Waals surface area contributed by atoms with Crippen LogP contribution in [0.1, 0.15) is 11.5 Å². The minimum atomic E-state index is -0.615. The molecule has 0 atom stereocenters. The van der Waals surface area contributed by atoms with Gasteiger partial charge in [-0.3, -0.25) is 9.51 Å². The summed E-state index contributed by atoms with van der Waals surface area (Å²) < 4.78 is 11.3. The molecule has 0 spiro atoms. The summed E-state index contributed by atoms with van der Waals surface area (Å²) >= 11 is 0. The summed E-state index contributed by atoms with van der Waals surface area (Å²) in [6, 6.07) is 13.0. The molecule has 25 heavy (non-hydrogen) atoms. The second-order valence-corrected chi connectivity index (χ2v) is 5.40. The Morgan fingerprint density at radius 3 is 2.68 bits per heavy atom. The summed E-state index contributed by atoms with van der Waals surface area (Å²) in [6.45, 7) is 2.02. The number of pyridine rings is 1. The zero-order valence-corrected chi connectivity index (χ0v) is 13.3. The van der Waals surface area contributed by atoms with Crippen LogP contribution in [0.2, 0.25) is 0 Å². The number of nitrogens with zero attached hydrogens (tertiary/aromatic N) is 5. The molecule has 0 bridgehead atoms. The average Bonchev–Trinajstić information content (AvgIpc) is 3.24. The van der Waals surface area contributed by atoms with Gasteiger partial charge in [0.1, 0.15) is 12.2 Å². The van der Waals surface area contributed by atoms with E-state index >= 15 is 0 Å². The van der Waals surface area contributed by atoms with E-state index in [0.29, 0.717) is 17.3 Å². The highest BCUT2D eigenvalue weighted by Crippen LogP contribution is 2.20. The number of aromatic nitrogens is 5. The van der Waals surface area contributed by atoms with Gasteiger partial charge in [-0.1, -0.05) is 40.6 Å². The number of hydrogen-bond donors (Lipinski definition) is 0. The molecular formula is C17H13N5O3. The molecular weight excluding hydrogens is 322 g/mol. The third kappa shape index (κ3) is 2.85. The molecule has 8 nitrogen and oxygen atoms in total. The highest BCUT2D eigenvalue weighted by Gasteiger charge is 2.18. The van der Waals surface area contributed by atoms with Gasteiger partial charge in [0.15, 0.2) is 0 Å². The van der Waals surface area contributed by atoms with E-state index < -0.39 is 5.76 Å². The standard InChI is InChI=1S/C17H13N5O3/c1-11-6-2-3-7-12(11)15-19-14(24-20-15)10-22-16(21-25-17(22)23)13-8-4-5-9-18-13/h2-9H,10H2,1H3. The molecule has 3 heterocycles. The molecule has 0 aliphatic rings. The largest absolute Gasteiger partial charge is 0.442 e. The molecule has 0 radical (unpaired) electrons. The topological polar surface area (TPSA) is 99.8 Å². The quantitative estimate of drug-likeness (QED) is 0.564. The van der Waals surface area contributed by atoms with Crippen LogP contribution in [0.15, 0.2) is 62.5 Å². The first kappa shape index (κ1) is 15.0. The summed E-state index contributed by atoms with van der Waals surface area (Å²) in [5, 5.41) is 7.78. The van der Waals surface area contributed by atoms with Crippen molar-refractivity contribution in [3.63, 3.8) is 0 Å². The molecule has 8 heteroatoms. The van der Waals surface area contributed by atoms with Gasteiger partial charge in [-0.15, -0.1) is 0 Å². The Labute approximate surface area is 141 Å². The van der Waals surface area contributed by atoms with Gasteiger partial charge in [0, 0.05) is 11.8 Å². The van der Waals surface area contributed by atoms with Gasteiger partial charge in [-0.25, -0.2) is 9.36 Å². The third-order valence-corrected chi connectivity index (χ3v) is 3.73. The average molecular weight is 335 g/mol. The first-order valence-corrected chi connectivity index (χ1v) is 7.59. The molecule has 0 fully saturated rings. The van der Waals surface area contributed by atoms with Crippen molar-refractivity contribution in [2.24, 2.45) is 0 Å². The Morgan fingerprint density at radius 1 is 1.04 bits per heavy atom. The molecule has 4 rings (SSSR count). The van der Waals surface area contributed by atoms with Gasteiger partial charge in [-0.2, -0.15) is 4.98 Å². The Kier molecular flexibility index (Phi) is 3.70. The maximum Gasteiger partial charge on any atom is 0.442 e. The number of hydrogen-bond acceptors (Lipinski definition) is 7. The summed E-state index contributed by atoms with van der Waals surface area (Å²) in [5.74, 6) is 0.440. The Bertz CT molecular complexity index is 1070. The van der Waals surface area contributed by atoms with Gasteiger partial charge < -0.3 is 4.52 Å². The summed E-state index contributed by atoms with van der Waals surface area (Å²) in [7, 11) is 0. The van der Waals surface area contributed by atoms with Gasteiger partial charge in [0.05, 0.1) is 0 Å². The molecule has 0 amide bonds. The highest BCUT2D eigenvalue weighted by molar-refractivity contribution is 5.59. The van der Waals surface area contributed by atoms with Crippen LogP contribution in [0.25, 0.3) is 22.9 Å². The maximum absolute atomic E-state index is 12.0. The van der Waals surface area contributed by atoms with E-state index in [1.165, 1.54) is 4.57 Å². The minimum absolute atomic E-state index is 0.0487. The monoisotopic (exact) mass is 335 g/mol. The first-order valence-electron chi connectivity index (χ1n) is 7.59. The van der Waals surface area contributed by atoms with E-state index in [1.54, 1.807) is 24.4 Å². The smallest absolute Gasteiger partial charge is 0.337 e. The fourth-order valence-electron chi connectivity index (χ4n) is 2.47. The van der Waals surface area contributed by atoms with Gasteiger partial charge in [-0.05, 0) is 24.6 Å². The predicted molar refractivity (Wildman–Crippen MR) is 87.6 cm³/mol. The second kappa shape index (κ2) is 6.16. The van der Waals surface area contributed by atoms with E-state index in [1.807, 2.05) is 31.2 Å². The first-order chi connectivity index (χ1) is 12.2. The van der Waals surface area contributed by atoms with Gasteiger partial charge in [0.25, 0.3) is 0 Å². The fraction of sp³-hybridized carbons (Fsp3) is 0.118. The number of rotatable bonds is 4. The fourth-order valence-corrected chi connectivity index (χ4v) is 2.47. The van der Waals surface area contributed by atoms with E-state index in [4.69, 9.17) is 9.05 Å². The Hall–Kier alpha value is -3.55. The van der Waals surface area contributed by atoms with Crippen LogP contribution in [-0.4, -0.2) is 24.8 Å². The molecule has 0 saturated carbocycles. The molecule has 3 aromatic heterocycles. The van der Waals surface area contributed by atoms with E-state index in [2.05, 4.69) is 20.3 Å². The lowest BCUT2D eigenvalue weighted by molar-refractivity contribution is 0.354. The van der Waals surface area contributed by atoms with E-state index in [9.17, 15) is 4.79 Å². The second-order valence-electron chi connectivity index (χ2n) is 5.40. The molecule has 0 aliphatic carbocycles. The van der Waals surface area contributed by atoms with Crippen molar-refractivity contribution in [1.29, 1.82) is 0 Å². The van der Waals surface area contributed by atoms with Crippen molar-refractivity contribution in [2.75, 3.05) is 0 Å². The van der Waals surface area contributed by atoms with Crippen LogP contribution in [0, 0.1) is 6.92 Å². The van der Waals surface area contributed by atoms with E-state index in [-0.39, 0.29) is 12.4 Å². The lowest BCUT2D eigenvalue weighted by atomic mass is 10.1. The van der Waals surface area contributed by atoms with Crippen molar-refractivity contribution < 1.29 is 9.05 Å². The van der Waals surface area contributed by atoms with Crippen LogP contribution in [0.5, 0.6) is 0 Å². The lowest BCUT2D eigenvalue weighted by Crippen LogP contribution is -2.16. The molecule has 4 aromatic rings. The Morgan fingerprint density at radius 2 is 1.88 bits per heavy atom. The van der Waals surface area contributed by atoms with E-state index in [0.717, 1.165) is 11.1 Å². The summed E-state index contributed by atoms with van der Waals surface area (Å²) in [4.78, 5) is 20.5. The molecule has 0 aliphatic heterocycles. The van der Waals surface area contributed by atoms with Crippen LogP contribution in [0.4, 0.5) is 0 Å². The van der Waals surface area contributed by atoms with Crippen molar-refractivity contribution in [2.45, 2.75) is 13.5 Å². The van der Waals surface area contributed by atoms with Crippen molar-refractivity contribution >= 4 is 0 Å². The number of aryl methyl sites for hydroxylation is 1. The molecule has 0 N–H and O–H groups in total. The molecule has 124 valence electrons. The third-order valence-electron chi connectivity index (χ3n) is 3.73. The van der Waals surface area contributed by atoms with Crippen LogP contribution < -0.4 is 5.76 Å². The summed E-state index contributed by atoms with van der Waals surface area (Å²) in [5.41, 5.74) is 2.43. The SMILES string of the molecule is Cc1ccccc1-c1noc(Cn2c(-c3ccccn3)noc2=O)n1. The predicted octanol–water partition coefficient (Wildman–Crippen LogP) is 2.31. The molecule has 1 aromatic carbocycles. The van der Waals surface area contributed by atoms with Crippen LogP contribution in [0.3, 0.4) is 0 Å². The van der Waals surface area contributed by atoms with Crippen molar-refractivity contribution in [3.8, 4) is 22.9 Å². The lowest BCUT2D eigenvalue weighted by Gasteiger charge is -2.00. The molecule has 0 saturated heterocycles. The van der Waals surface area contributed by atoms with Crippen molar-refractivity contribution in [3.05, 3.63) is 70.7 Å². The van der Waals surface area contributed by atoms with Crippen molar-refractivity contribution in [1.82, 2.24) is 24.8 Å². The van der Waals surface area contributed by atoms with Crippen LogP contribution >= 0.6 is 0 Å². The highest BCUT2D eigenvalue weighted by atomic mass is 16.5. The van der Waals surface area contributed by atoms with Crippen LogP contribution in [-0.2, 0) is 6.54 Å². The zero-order chi connectivity index (χ0) is 17.2. The van der Waals surface area contributed by atoms with Gasteiger partial charge >= 0.3 is 5.76 Å². The maximum atomic E-state index is 12.0. The molecule has 0 unspecified atom stereocenters. The number of benzene rings is 1. The summed E-state index contributed by atoms with van der Waals surface area (Å²) in [6.07, 6.45) is 1.61. The minimum Gasteiger partial charge on any atom is -0.337 e. The zero-order valence-electron chi connectivity index (χ0n) is 13.3. The van der Waals surface area contributed by atoms with Gasteiger partial charge in [0.2, 0.25) is 17.5 Å². The normalized spacial score (nSPS) is 10.9.